The molecule has 4 nitrogen and oxygen atoms in total. The number of rotatable bonds is 4. The Morgan fingerprint density at radius 1 is 0.680 bits per heavy atom. The second kappa shape index (κ2) is 11.6. The second-order valence-electron chi connectivity index (χ2n) is 13.0. The molecule has 1 aliphatic heterocycles. The Bertz CT molecular complexity index is 2670. The first kappa shape index (κ1) is 27.4. The number of hydrogen-bond donors (Lipinski definition) is 0. The van der Waals surface area contributed by atoms with E-state index in [4.69, 9.17) is 9.10 Å². The zero-order valence-electron chi connectivity index (χ0n) is 30.2. The predicted octanol–water partition coefficient (Wildman–Crippen LogP) is 9.99. The van der Waals surface area contributed by atoms with Gasteiger partial charge in [0.15, 0.2) is 0 Å². The van der Waals surface area contributed by atoms with Gasteiger partial charge in [0.25, 0.3) is 0 Å². The SMILES string of the molecule is [2H]C([2H])([2H])N1CN(c2[c-]c(C3(c4[c-]c5c(cc4)c4ccccc4n5-c4cc(C)ccn4)c4ccccc4-c4ccccc43)ccc2)c2ccccc21.[Pt+2]. The van der Waals surface area contributed by atoms with Crippen molar-refractivity contribution in [2.24, 2.45) is 0 Å². The van der Waals surface area contributed by atoms with Crippen molar-refractivity contribution in [2.45, 2.75) is 12.3 Å². The average molecular weight is 827 g/mol. The molecule has 0 atom stereocenters. The summed E-state index contributed by atoms with van der Waals surface area (Å²) in [4.78, 5) is 8.38. The van der Waals surface area contributed by atoms with Crippen LogP contribution in [0.5, 0.6) is 0 Å². The summed E-state index contributed by atoms with van der Waals surface area (Å²) >= 11 is 0. The largest absolute Gasteiger partial charge is 2.00 e. The molecule has 242 valence electrons. The number of fused-ring (bicyclic) bond motifs is 7. The van der Waals surface area contributed by atoms with Crippen LogP contribution in [0.25, 0.3) is 38.8 Å². The van der Waals surface area contributed by atoms with Gasteiger partial charge in [-0.15, -0.1) is 22.6 Å². The quantitative estimate of drug-likeness (QED) is 0.165. The number of para-hydroxylation sites is 3. The van der Waals surface area contributed by atoms with E-state index in [0.29, 0.717) is 5.69 Å². The first-order valence-corrected chi connectivity index (χ1v) is 16.6. The fraction of sp³-hybridized carbons (Fsp3) is 0.0889. The molecule has 0 bridgehead atoms. The molecule has 0 unspecified atom stereocenters. The van der Waals surface area contributed by atoms with Crippen molar-refractivity contribution in [2.75, 3.05) is 23.4 Å². The van der Waals surface area contributed by atoms with Gasteiger partial charge in [0.05, 0.1) is 18.0 Å². The standard InChI is InChI=1S/C45H32N4.Pt/c1-30-24-25-46-44(26-30)49-40-19-8-5-16-36(40)37-23-22-32(28-43(37)49)45(38-17-6-3-14-34(38)35-15-4-7-18-39(35)45)31-12-11-13-33(27-31)48-29-47(2)41-20-9-10-21-42(41)48;/h3-26H,29H2,1-2H3;/q-2;+2/i2D3;. The monoisotopic (exact) mass is 826 g/mol. The van der Waals surface area contributed by atoms with E-state index in [-0.39, 0.29) is 27.7 Å². The van der Waals surface area contributed by atoms with Gasteiger partial charge >= 0.3 is 21.1 Å². The zero-order valence-corrected chi connectivity index (χ0v) is 29.4. The minimum atomic E-state index is -2.29. The number of anilines is 3. The van der Waals surface area contributed by atoms with Crippen molar-refractivity contribution in [3.63, 3.8) is 0 Å². The molecule has 8 aromatic rings. The van der Waals surface area contributed by atoms with Crippen LogP contribution in [-0.4, -0.2) is 23.2 Å². The molecule has 1 aliphatic carbocycles. The molecule has 6 aromatic carbocycles. The summed E-state index contributed by atoms with van der Waals surface area (Å²) in [7, 11) is 0. The Kier molecular flexibility index (Phi) is 6.34. The Labute approximate surface area is 310 Å². The minimum absolute atomic E-state index is 0. The third-order valence-corrected chi connectivity index (χ3v) is 10.3. The molecule has 10 rings (SSSR count). The van der Waals surface area contributed by atoms with E-state index in [1.165, 1.54) is 16.0 Å². The number of nitrogens with zero attached hydrogens (tertiary/aromatic N) is 4. The topological polar surface area (TPSA) is 24.3 Å². The zero-order chi connectivity index (χ0) is 35.2. The fourth-order valence-electron chi connectivity index (χ4n) is 8.21. The molecule has 0 spiro atoms. The van der Waals surface area contributed by atoms with Crippen molar-refractivity contribution in [1.82, 2.24) is 9.55 Å². The number of aromatic nitrogens is 2. The van der Waals surface area contributed by atoms with Crippen LogP contribution in [0.1, 0.15) is 31.9 Å². The van der Waals surface area contributed by atoms with Gasteiger partial charge < -0.3 is 14.4 Å². The molecular weight excluding hydrogens is 792 g/mol. The van der Waals surface area contributed by atoms with Gasteiger partial charge in [-0.25, -0.2) is 4.98 Å². The van der Waals surface area contributed by atoms with Crippen molar-refractivity contribution < 1.29 is 25.2 Å². The summed E-state index contributed by atoms with van der Waals surface area (Å²) in [6, 6.07) is 56.2. The Hall–Kier alpha value is -5.44. The maximum Gasteiger partial charge on any atom is 2.00 e. The van der Waals surface area contributed by atoms with Crippen LogP contribution in [0.15, 0.2) is 146 Å². The van der Waals surface area contributed by atoms with Gasteiger partial charge in [-0.3, -0.25) is 0 Å². The van der Waals surface area contributed by atoms with Gasteiger partial charge in [-0.2, -0.15) is 36.4 Å². The fourth-order valence-corrected chi connectivity index (χ4v) is 8.21. The molecular formula is C45H32N4Pt. The van der Waals surface area contributed by atoms with Crippen molar-refractivity contribution in [3.8, 4) is 16.9 Å². The van der Waals surface area contributed by atoms with Crippen LogP contribution in [-0.2, 0) is 26.5 Å². The van der Waals surface area contributed by atoms with Crippen LogP contribution in [0.2, 0.25) is 0 Å². The van der Waals surface area contributed by atoms with E-state index in [1.807, 2.05) is 42.6 Å². The normalized spacial score (nSPS) is 15.2. The van der Waals surface area contributed by atoms with Gasteiger partial charge in [0.2, 0.25) is 0 Å². The van der Waals surface area contributed by atoms with E-state index in [1.54, 1.807) is 0 Å². The summed E-state index contributed by atoms with van der Waals surface area (Å²) < 4.78 is 27.1. The molecule has 0 saturated heterocycles. The Morgan fingerprint density at radius 2 is 1.38 bits per heavy atom. The van der Waals surface area contributed by atoms with Crippen molar-refractivity contribution in [3.05, 3.63) is 186 Å². The second-order valence-corrected chi connectivity index (χ2v) is 13.0. The van der Waals surface area contributed by atoms with Crippen LogP contribution in [0.3, 0.4) is 0 Å². The average Bonchev–Trinajstić information content (AvgIpc) is 3.82. The van der Waals surface area contributed by atoms with E-state index in [9.17, 15) is 0 Å². The molecule has 3 heterocycles. The van der Waals surface area contributed by atoms with Crippen LogP contribution in [0.4, 0.5) is 17.1 Å². The number of benzene rings is 6. The predicted molar refractivity (Wildman–Crippen MR) is 200 cm³/mol. The maximum absolute atomic E-state index is 8.31. The van der Waals surface area contributed by atoms with Crippen LogP contribution < -0.4 is 9.80 Å². The maximum atomic E-state index is 8.31. The summed E-state index contributed by atoms with van der Waals surface area (Å²) in [5, 5.41) is 2.25. The molecule has 0 radical (unpaired) electrons. The molecule has 0 saturated carbocycles. The van der Waals surface area contributed by atoms with Crippen molar-refractivity contribution in [1.29, 1.82) is 0 Å². The molecule has 2 aliphatic rings. The molecule has 0 amide bonds. The van der Waals surface area contributed by atoms with Crippen LogP contribution in [0, 0.1) is 19.1 Å². The number of hydrogen-bond acceptors (Lipinski definition) is 3. The van der Waals surface area contributed by atoms with Gasteiger partial charge in [0.1, 0.15) is 5.82 Å². The molecule has 2 aromatic heterocycles. The molecule has 0 fully saturated rings. The van der Waals surface area contributed by atoms with E-state index >= 15 is 0 Å². The van der Waals surface area contributed by atoms with E-state index < -0.39 is 12.4 Å². The summed E-state index contributed by atoms with van der Waals surface area (Å²) in [5.74, 6) is 0.848. The van der Waals surface area contributed by atoms with Crippen molar-refractivity contribution >= 4 is 38.9 Å². The first-order valence-electron chi connectivity index (χ1n) is 18.1. The van der Waals surface area contributed by atoms with Gasteiger partial charge in [0, 0.05) is 28.2 Å². The first-order chi connectivity index (χ1) is 25.3. The smallest absolute Gasteiger partial charge is 0.355 e. The third kappa shape index (κ3) is 4.25. The molecule has 0 N–H and O–H groups in total. The summed E-state index contributed by atoms with van der Waals surface area (Å²) in [6.07, 6.45) is 1.87. The summed E-state index contributed by atoms with van der Waals surface area (Å²) in [5.41, 5.74) is 11.3. The van der Waals surface area contributed by atoms with Crippen LogP contribution >= 0.6 is 0 Å². The number of pyridine rings is 1. The third-order valence-electron chi connectivity index (χ3n) is 10.3. The van der Waals surface area contributed by atoms with Gasteiger partial charge in [-0.05, 0) is 70.5 Å². The molecule has 5 heteroatoms. The Balaban J connectivity index is 0.00000372. The van der Waals surface area contributed by atoms with E-state index in [2.05, 4.69) is 132 Å². The summed E-state index contributed by atoms with van der Waals surface area (Å²) in [6.45, 7) is -0.00580. The van der Waals surface area contributed by atoms with E-state index in [0.717, 1.165) is 66.8 Å². The number of aryl methyl sites for hydroxylation is 1. The molecule has 50 heavy (non-hydrogen) atoms. The van der Waals surface area contributed by atoms with Gasteiger partial charge in [-0.1, -0.05) is 90.1 Å². The Morgan fingerprint density at radius 3 is 2.16 bits per heavy atom. The minimum Gasteiger partial charge on any atom is -0.355 e.